The number of alkyl halides is 3. The summed E-state index contributed by atoms with van der Waals surface area (Å²) in [4.78, 5) is 27.7. The van der Waals surface area contributed by atoms with Gasteiger partial charge >= 0.3 is 6.18 Å². The van der Waals surface area contributed by atoms with Gasteiger partial charge in [0.2, 0.25) is 0 Å². The molecule has 0 spiro atoms. The molecule has 2 aromatic heterocycles. The average molecular weight is 678 g/mol. The number of anilines is 1. The molecule has 6 rings (SSSR count). The highest BCUT2D eigenvalue weighted by Crippen LogP contribution is 2.33. The molecule has 0 saturated carbocycles. The minimum Gasteiger partial charge on any atom is -0.497 e. The second kappa shape index (κ2) is 13.5. The molecule has 0 aliphatic carbocycles. The zero-order valence-corrected chi connectivity index (χ0v) is 26.8. The molecule has 0 saturated heterocycles. The molecule has 49 heavy (non-hydrogen) atoms. The summed E-state index contributed by atoms with van der Waals surface area (Å²) in [6, 6.07) is 29.5. The number of halogens is 3. The number of nitrogens with zero attached hydrogens (tertiary/aromatic N) is 4. The maximum atomic E-state index is 14.3. The van der Waals surface area contributed by atoms with Crippen molar-refractivity contribution in [3.05, 3.63) is 146 Å². The minimum atomic E-state index is -4.84. The average Bonchev–Trinajstić information content (AvgIpc) is 3.66. The van der Waals surface area contributed by atoms with Crippen LogP contribution in [0.1, 0.15) is 16.7 Å². The molecule has 0 aliphatic rings. The van der Waals surface area contributed by atoms with Gasteiger partial charge in [0.25, 0.3) is 11.5 Å². The largest absolute Gasteiger partial charge is 0.497 e. The van der Waals surface area contributed by atoms with Gasteiger partial charge in [0.1, 0.15) is 22.2 Å². The molecule has 2 heterocycles. The maximum absolute atomic E-state index is 14.3. The highest BCUT2D eigenvalue weighted by Gasteiger charge is 2.34. The van der Waals surface area contributed by atoms with Crippen LogP contribution in [0.4, 0.5) is 18.9 Å². The number of rotatable bonds is 7. The second-order valence-corrected chi connectivity index (χ2v) is 11.9. The van der Waals surface area contributed by atoms with Crippen LogP contribution in [0, 0.1) is 18.3 Å². The zero-order valence-electron chi connectivity index (χ0n) is 26.0. The summed E-state index contributed by atoms with van der Waals surface area (Å²) in [5.74, 6) is -0.260. The molecular weight excluding hydrogens is 652 g/mol. The smallest absolute Gasteiger partial charge is 0.418 e. The molecule has 6 aromatic rings. The number of carbonyl (C=O) groups excluding carboxylic acids is 1. The van der Waals surface area contributed by atoms with Gasteiger partial charge in [0.05, 0.1) is 28.6 Å². The SMILES string of the molecule is COc1ccc(-c2nn(-c3ccccc3)cc2/C=c2\s/c(=C(/C#N)C(=O)Nc3cccc(C)c3)n(-c3ccccc3C(F)(F)F)c2=O)cc1. The summed E-state index contributed by atoms with van der Waals surface area (Å²) < 4.78 is 50.3. The molecule has 0 unspecified atom stereocenters. The Balaban J connectivity index is 1.64. The van der Waals surface area contributed by atoms with Gasteiger partial charge in [0.15, 0.2) is 5.57 Å². The van der Waals surface area contributed by atoms with Crippen molar-refractivity contribution in [1.29, 1.82) is 5.26 Å². The van der Waals surface area contributed by atoms with Crippen molar-refractivity contribution in [3.63, 3.8) is 0 Å². The summed E-state index contributed by atoms with van der Waals surface area (Å²) in [6.45, 7) is 1.82. The number of nitrogens with one attached hydrogen (secondary N) is 1. The van der Waals surface area contributed by atoms with Gasteiger partial charge in [0, 0.05) is 23.0 Å². The first-order valence-electron chi connectivity index (χ1n) is 14.8. The monoisotopic (exact) mass is 677 g/mol. The molecular formula is C37H26F3N5O3S. The van der Waals surface area contributed by atoms with E-state index in [1.165, 1.54) is 18.2 Å². The van der Waals surface area contributed by atoms with Gasteiger partial charge in [-0.25, -0.2) is 4.68 Å². The van der Waals surface area contributed by atoms with E-state index < -0.39 is 34.5 Å². The van der Waals surface area contributed by atoms with E-state index in [0.29, 0.717) is 28.3 Å². The Hall–Kier alpha value is -6.19. The van der Waals surface area contributed by atoms with Crippen LogP contribution in [0.25, 0.3) is 34.3 Å². The van der Waals surface area contributed by atoms with Gasteiger partial charge in [-0.1, -0.05) is 42.5 Å². The van der Waals surface area contributed by atoms with Crippen LogP contribution in [0.2, 0.25) is 0 Å². The van der Waals surface area contributed by atoms with Crippen molar-refractivity contribution in [1.82, 2.24) is 14.3 Å². The van der Waals surface area contributed by atoms with E-state index in [9.17, 15) is 28.0 Å². The number of aromatic nitrogens is 3. The molecule has 8 nitrogen and oxygen atoms in total. The molecule has 244 valence electrons. The fourth-order valence-corrected chi connectivity index (χ4v) is 6.30. The number of amides is 1. The summed E-state index contributed by atoms with van der Waals surface area (Å²) in [5.41, 5.74) is 0.579. The number of thiazole rings is 1. The predicted molar refractivity (Wildman–Crippen MR) is 182 cm³/mol. The Labute approximate surface area is 281 Å². The molecule has 1 N–H and O–H groups in total. The van der Waals surface area contributed by atoms with Crippen LogP contribution in [-0.4, -0.2) is 27.4 Å². The van der Waals surface area contributed by atoms with E-state index in [4.69, 9.17) is 9.84 Å². The van der Waals surface area contributed by atoms with Crippen molar-refractivity contribution in [2.24, 2.45) is 0 Å². The third-order valence-corrected chi connectivity index (χ3v) is 8.61. The molecule has 0 fully saturated rings. The third kappa shape index (κ3) is 6.79. The third-order valence-electron chi connectivity index (χ3n) is 7.52. The lowest BCUT2D eigenvalue weighted by Gasteiger charge is -2.13. The van der Waals surface area contributed by atoms with Crippen LogP contribution >= 0.6 is 11.3 Å². The van der Waals surface area contributed by atoms with Crippen molar-refractivity contribution in [3.8, 4) is 34.5 Å². The zero-order chi connectivity index (χ0) is 34.7. The lowest BCUT2D eigenvalue weighted by molar-refractivity contribution is -0.137. The van der Waals surface area contributed by atoms with E-state index in [-0.39, 0.29) is 9.20 Å². The fourth-order valence-electron chi connectivity index (χ4n) is 5.21. The Morgan fingerprint density at radius 3 is 2.37 bits per heavy atom. The van der Waals surface area contributed by atoms with Crippen LogP contribution in [-0.2, 0) is 11.0 Å². The number of carbonyl (C=O) groups is 1. The van der Waals surface area contributed by atoms with E-state index >= 15 is 0 Å². The topological polar surface area (TPSA) is 102 Å². The van der Waals surface area contributed by atoms with E-state index in [1.807, 2.05) is 49.4 Å². The number of benzene rings is 4. The quantitative estimate of drug-likeness (QED) is 0.216. The van der Waals surface area contributed by atoms with Gasteiger partial charge in [-0.15, -0.1) is 11.3 Å². The van der Waals surface area contributed by atoms with Crippen LogP contribution < -0.4 is 24.8 Å². The Bertz CT molecular complexity index is 2410. The van der Waals surface area contributed by atoms with Crippen molar-refractivity contribution >= 4 is 34.6 Å². The van der Waals surface area contributed by atoms with Crippen molar-refractivity contribution < 1.29 is 22.7 Å². The first-order chi connectivity index (χ1) is 23.6. The highest BCUT2D eigenvalue weighted by atomic mass is 32.1. The van der Waals surface area contributed by atoms with Gasteiger partial charge in [-0.2, -0.15) is 23.5 Å². The Morgan fingerprint density at radius 1 is 0.980 bits per heavy atom. The number of hydrogen-bond acceptors (Lipinski definition) is 6. The Kier molecular flexibility index (Phi) is 9.02. The van der Waals surface area contributed by atoms with Crippen LogP contribution in [0.3, 0.4) is 0 Å². The number of aryl methyl sites for hydroxylation is 1. The molecule has 0 radical (unpaired) electrons. The van der Waals surface area contributed by atoms with Gasteiger partial charge < -0.3 is 10.1 Å². The van der Waals surface area contributed by atoms with Gasteiger partial charge in [-0.3, -0.25) is 14.2 Å². The first-order valence-corrected chi connectivity index (χ1v) is 15.6. The summed E-state index contributed by atoms with van der Waals surface area (Å²) in [7, 11) is 1.54. The highest BCUT2D eigenvalue weighted by molar-refractivity contribution is 7.07. The molecule has 12 heteroatoms. The van der Waals surface area contributed by atoms with Crippen molar-refractivity contribution in [2.45, 2.75) is 13.1 Å². The van der Waals surface area contributed by atoms with E-state index in [0.717, 1.165) is 39.3 Å². The van der Waals surface area contributed by atoms with E-state index in [1.54, 1.807) is 60.5 Å². The first kappa shape index (κ1) is 32.7. The van der Waals surface area contributed by atoms with Crippen molar-refractivity contribution in [2.75, 3.05) is 12.4 Å². The summed E-state index contributed by atoms with van der Waals surface area (Å²) in [5, 5.41) is 17.6. The van der Waals surface area contributed by atoms with Gasteiger partial charge in [-0.05, 0) is 79.2 Å². The normalized spacial score (nSPS) is 12.4. The predicted octanol–water partition coefficient (Wildman–Crippen LogP) is 6.23. The second-order valence-electron chi connectivity index (χ2n) is 10.8. The minimum absolute atomic E-state index is 0.0227. The number of hydrogen-bond donors (Lipinski definition) is 1. The summed E-state index contributed by atoms with van der Waals surface area (Å²) in [6.07, 6.45) is -1.64. The summed E-state index contributed by atoms with van der Waals surface area (Å²) >= 11 is 0.735. The standard InChI is InChI=1S/C37H26F3N5O3S/c1-23-9-8-10-26(19-23)42-34(46)29(21-41)36-45(31-14-7-6-13-30(31)37(38,39)40)35(47)32(49-36)20-25-22-44(27-11-4-3-5-12-27)43-33(25)24-15-17-28(48-2)18-16-24/h3-20,22H,1-2H3,(H,42,46)/b32-20-,36-29-. The number of para-hydroxylation sites is 2. The molecule has 0 aliphatic heterocycles. The van der Waals surface area contributed by atoms with E-state index in [2.05, 4.69) is 5.32 Å². The lowest BCUT2D eigenvalue weighted by atomic mass is 10.1. The van der Waals surface area contributed by atoms with Crippen LogP contribution in [0.15, 0.2) is 114 Å². The number of nitriles is 1. The number of methoxy groups -OCH3 is 1. The number of ether oxygens (including phenoxy) is 1. The fraction of sp³-hybridized carbons (Fsp3) is 0.0811. The lowest BCUT2D eigenvalue weighted by Crippen LogP contribution is -2.33. The Morgan fingerprint density at radius 2 is 1.69 bits per heavy atom. The maximum Gasteiger partial charge on any atom is 0.418 e. The van der Waals surface area contributed by atoms with Crippen LogP contribution in [0.5, 0.6) is 5.75 Å². The molecule has 0 bridgehead atoms. The molecule has 1 amide bonds. The molecule has 0 atom stereocenters. The molecule has 4 aromatic carbocycles.